The number of benzene rings is 1. The van der Waals surface area contributed by atoms with Gasteiger partial charge in [0, 0.05) is 24.6 Å². The molecule has 198 valence electrons. The number of ketones is 1. The van der Waals surface area contributed by atoms with Crippen LogP contribution in [0.2, 0.25) is 0 Å². The van der Waals surface area contributed by atoms with Crippen LogP contribution in [0.15, 0.2) is 42.6 Å². The van der Waals surface area contributed by atoms with Gasteiger partial charge in [-0.15, -0.1) is 13.2 Å². The molecule has 0 aliphatic heterocycles. The van der Waals surface area contributed by atoms with E-state index in [2.05, 4.69) is 15.0 Å². The van der Waals surface area contributed by atoms with Gasteiger partial charge in [-0.1, -0.05) is 0 Å². The predicted molar refractivity (Wildman–Crippen MR) is 130 cm³/mol. The van der Waals surface area contributed by atoms with E-state index in [4.69, 9.17) is 14.5 Å². The van der Waals surface area contributed by atoms with Crippen molar-refractivity contribution in [2.24, 2.45) is 0 Å². The first kappa shape index (κ1) is 25.5. The molecule has 2 aliphatic carbocycles. The van der Waals surface area contributed by atoms with E-state index >= 15 is 0 Å². The molecule has 0 saturated heterocycles. The largest absolute Gasteiger partial charge is 0.573 e. The molecule has 0 radical (unpaired) electrons. The summed E-state index contributed by atoms with van der Waals surface area (Å²) in [4.78, 5) is 33.7. The number of anilines is 1. The van der Waals surface area contributed by atoms with Gasteiger partial charge >= 0.3 is 6.36 Å². The summed E-state index contributed by atoms with van der Waals surface area (Å²) in [5, 5.41) is 2.73. The molecule has 0 atom stereocenters. The molecule has 2 aliphatic rings. The number of hydrogen-bond donors (Lipinski definition) is 1. The zero-order chi connectivity index (χ0) is 27.0. The van der Waals surface area contributed by atoms with E-state index < -0.39 is 18.0 Å². The minimum Gasteiger partial charge on any atom is -0.493 e. The minimum atomic E-state index is -4.86. The predicted octanol–water partition coefficient (Wildman–Crippen LogP) is 6.39. The van der Waals surface area contributed by atoms with Crippen LogP contribution in [0.5, 0.6) is 23.0 Å². The summed E-state index contributed by atoms with van der Waals surface area (Å²) in [6, 6.07) is 8.29. The molecule has 2 fully saturated rings. The Morgan fingerprint density at radius 3 is 2.29 bits per heavy atom. The first-order valence-corrected chi connectivity index (χ1v) is 12.1. The monoisotopic (exact) mass is 527 g/mol. The molecule has 5 rings (SSSR count). The van der Waals surface area contributed by atoms with E-state index in [1.54, 1.807) is 12.1 Å². The van der Waals surface area contributed by atoms with Crippen molar-refractivity contribution in [2.45, 2.75) is 50.8 Å². The fourth-order valence-electron chi connectivity index (χ4n) is 4.08. The number of methoxy groups -OCH3 is 1. The van der Waals surface area contributed by atoms with Crippen LogP contribution in [0.25, 0.3) is 0 Å². The third kappa shape index (κ3) is 5.87. The molecule has 11 heteroatoms. The van der Waals surface area contributed by atoms with E-state index in [1.807, 2.05) is 0 Å². The van der Waals surface area contributed by atoms with Crippen molar-refractivity contribution >= 4 is 17.4 Å². The van der Waals surface area contributed by atoms with Crippen molar-refractivity contribution in [2.75, 3.05) is 12.4 Å². The number of pyridine rings is 2. The zero-order valence-corrected chi connectivity index (χ0v) is 20.6. The van der Waals surface area contributed by atoms with Crippen LogP contribution in [0.3, 0.4) is 0 Å². The van der Waals surface area contributed by atoms with Crippen molar-refractivity contribution in [1.29, 1.82) is 0 Å². The number of amides is 1. The van der Waals surface area contributed by atoms with Crippen LogP contribution in [-0.4, -0.2) is 35.1 Å². The van der Waals surface area contributed by atoms with Gasteiger partial charge in [0.1, 0.15) is 11.4 Å². The third-order valence-electron chi connectivity index (χ3n) is 6.21. The molecule has 0 unspecified atom stereocenters. The highest BCUT2D eigenvalue weighted by Gasteiger charge is 2.36. The fraction of sp³-hybridized carbons (Fsp3) is 0.333. The number of Topliss-reactive ketones (excluding diaryl/α,β-unsaturated/α-hetero) is 1. The van der Waals surface area contributed by atoms with Crippen molar-refractivity contribution < 1.29 is 37.0 Å². The van der Waals surface area contributed by atoms with Crippen LogP contribution >= 0.6 is 0 Å². The number of ether oxygens (including phenoxy) is 3. The highest BCUT2D eigenvalue weighted by Crippen LogP contribution is 2.50. The summed E-state index contributed by atoms with van der Waals surface area (Å²) in [6.45, 7) is 1.39. The van der Waals surface area contributed by atoms with E-state index in [9.17, 15) is 22.8 Å². The lowest BCUT2D eigenvalue weighted by Gasteiger charge is -2.18. The molecular weight excluding hydrogens is 503 g/mol. The Balaban J connectivity index is 1.50. The quantitative estimate of drug-likeness (QED) is 0.322. The Hall–Kier alpha value is -4.15. The van der Waals surface area contributed by atoms with Crippen LogP contribution in [0.4, 0.5) is 18.9 Å². The Morgan fingerprint density at radius 2 is 1.71 bits per heavy atom. The highest BCUT2D eigenvalue weighted by atomic mass is 19.4. The molecule has 2 heterocycles. The van der Waals surface area contributed by atoms with Crippen LogP contribution in [0.1, 0.15) is 76.7 Å². The maximum atomic E-state index is 13.4. The molecule has 1 amide bonds. The molecule has 1 N–H and O–H groups in total. The summed E-state index contributed by atoms with van der Waals surface area (Å²) in [6.07, 6.45) is 0.494. The summed E-state index contributed by atoms with van der Waals surface area (Å²) in [5.74, 6) is -0.413. The molecule has 0 bridgehead atoms. The van der Waals surface area contributed by atoms with Crippen molar-refractivity contribution in [3.63, 3.8) is 0 Å². The maximum Gasteiger partial charge on any atom is 0.573 e. The fourth-order valence-corrected chi connectivity index (χ4v) is 4.08. The number of nitrogens with one attached hydrogen (secondary N) is 1. The molecule has 2 saturated carbocycles. The topological polar surface area (TPSA) is 99.6 Å². The molecule has 38 heavy (non-hydrogen) atoms. The van der Waals surface area contributed by atoms with Gasteiger partial charge in [0.05, 0.1) is 19.0 Å². The normalized spacial score (nSPS) is 15.1. The first-order valence-electron chi connectivity index (χ1n) is 12.1. The molecule has 3 aromatic rings. The number of aromatic nitrogens is 2. The van der Waals surface area contributed by atoms with Crippen LogP contribution in [-0.2, 0) is 0 Å². The van der Waals surface area contributed by atoms with Crippen LogP contribution in [0, 0.1) is 0 Å². The van der Waals surface area contributed by atoms with Crippen molar-refractivity contribution in [1.82, 2.24) is 9.97 Å². The number of nitrogens with zero attached hydrogens (tertiary/aromatic N) is 2. The van der Waals surface area contributed by atoms with Gasteiger partial charge in [-0.05, 0) is 67.5 Å². The average Bonchev–Trinajstić information content (AvgIpc) is 3.77. The van der Waals surface area contributed by atoms with Crippen molar-refractivity contribution in [3.05, 3.63) is 65.2 Å². The number of halogens is 3. The molecule has 1 aromatic carbocycles. The van der Waals surface area contributed by atoms with Gasteiger partial charge < -0.3 is 19.5 Å². The Bertz CT molecular complexity index is 1380. The maximum absolute atomic E-state index is 13.4. The van der Waals surface area contributed by atoms with E-state index in [0.717, 1.165) is 49.1 Å². The Labute approximate surface area is 216 Å². The first-order chi connectivity index (χ1) is 18.1. The van der Waals surface area contributed by atoms with Gasteiger partial charge in [0.25, 0.3) is 5.91 Å². The second kappa shape index (κ2) is 9.96. The second-order valence-electron chi connectivity index (χ2n) is 9.26. The number of carbonyl (C=O) groups is 2. The van der Waals surface area contributed by atoms with E-state index in [1.165, 1.54) is 32.4 Å². The van der Waals surface area contributed by atoms with Gasteiger partial charge in [0.2, 0.25) is 0 Å². The van der Waals surface area contributed by atoms with Crippen LogP contribution < -0.4 is 19.5 Å². The summed E-state index contributed by atoms with van der Waals surface area (Å²) in [7, 11) is 1.29. The summed E-state index contributed by atoms with van der Waals surface area (Å²) < 4.78 is 53.3. The summed E-state index contributed by atoms with van der Waals surface area (Å²) in [5.41, 5.74) is 2.53. The number of hydrogen-bond acceptors (Lipinski definition) is 7. The number of alkyl halides is 3. The van der Waals surface area contributed by atoms with Gasteiger partial charge in [-0.2, -0.15) is 0 Å². The van der Waals surface area contributed by atoms with Gasteiger partial charge in [-0.3, -0.25) is 14.6 Å². The molecular formula is C27H24F3N3O5. The Morgan fingerprint density at radius 1 is 0.974 bits per heavy atom. The lowest BCUT2D eigenvalue weighted by Crippen LogP contribution is -2.17. The molecule has 8 nitrogen and oxygen atoms in total. The molecule has 2 aromatic heterocycles. The standard InChI is InChI=1S/C27H24F3N3O5/c1-14(34)20-9-7-17(13-31-20)32-26(35)25-23(12-19(15-3-4-15)24(33-25)16-5-6-16)37-21-10-8-18(11-22(21)36-2)38-27(28,29)30/h7-13,15-16H,3-6H2,1-2H3,(H,32,35). The Kier molecular flexibility index (Phi) is 6.68. The smallest absolute Gasteiger partial charge is 0.493 e. The number of carbonyl (C=O) groups excluding carboxylic acids is 2. The lowest BCUT2D eigenvalue weighted by molar-refractivity contribution is -0.274. The molecule has 0 spiro atoms. The van der Waals surface area contributed by atoms with E-state index in [-0.39, 0.29) is 40.3 Å². The minimum absolute atomic E-state index is 0.0126. The van der Waals surface area contributed by atoms with Gasteiger partial charge in [0.15, 0.2) is 28.7 Å². The lowest BCUT2D eigenvalue weighted by atomic mass is 10.0. The second-order valence-corrected chi connectivity index (χ2v) is 9.26. The highest BCUT2D eigenvalue weighted by molar-refractivity contribution is 6.05. The van der Waals surface area contributed by atoms with Crippen molar-refractivity contribution in [3.8, 4) is 23.0 Å². The van der Waals surface area contributed by atoms with E-state index in [0.29, 0.717) is 11.6 Å². The summed E-state index contributed by atoms with van der Waals surface area (Å²) >= 11 is 0. The average molecular weight is 527 g/mol. The number of rotatable bonds is 9. The third-order valence-corrected chi connectivity index (χ3v) is 6.21. The SMILES string of the molecule is COc1cc(OC(F)(F)F)ccc1Oc1cc(C2CC2)c(C2CC2)nc1C(=O)Nc1ccc(C(C)=O)nc1. The zero-order valence-electron chi connectivity index (χ0n) is 20.6. The van der Waals surface area contributed by atoms with Gasteiger partial charge in [-0.25, -0.2) is 4.98 Å².